The highest BCUT2D eigenvalue weighted by molar-refractivity contribution is 9.10. The number of carbonyl (C=O) groups excluding carboxylic acids is 2. The van der Waals surface area contributed by atoms with Crippen LogP contribution in [-0.2, 0) is 4.79 Å². The predicted molar refractivity (Wildman–Crippen MR) is 129 cm³/mol. The molecule has 164 valence electrons. The minimum atomic E-state index is -0.245. The van der Waals surface area contributed by atoms with Crippen molar-refractivity contribution in [3.8, 4) is 16.9 Å². The molecule has 1 N–H and O–H groups in total. The minimum Gasteiger partial charge on any atom is -0.489 e. The molecule has 0 unspecified atom stereocenters. The molecule has 1 saturated heterocycles. The molecule has 0 bridgehead atoms. The van der Waals surface area contributed by atoms with Crippen LogP contribution in [0, 0.1) is 0 Å². The van der Waals surface area contributed by atoms with Crippen LogP contribution in [0.15, 0.2) is 83.3 Å². The SMILES string of the molecule is O=C(NCC(=O)N1CCC(Oc2ccccc2Br)CC1)c1ccc(-c2ccccc2)cc1. The number of para-hydroxylation sites is 1. The summed E-state index contributed by atoms with van der Waals surface area (Å²) in [5, 5.41) is 2.75. The molecule has 1 heterocycles. The van der Waals surface area contributed by atoms with E-state index in [1.165, 1.54) is 0 Å². The second kappa shape index (κ2) is 10.5. The molecule has 5 nitrogen and oxygen atoms in total. The monoisotopic (exact) mass is 492 g/mol. The highest BCUT2D eigenvalue weighted by Gasteiger charge is 2.24. The molecule has 1 fully saturated rings. The van der Waals surface area contributed by atoms with Crippen LogP contribution in [0.3, 0.4) is 0 Å². The Kier molecular flexibility index (Phi) is 7.22. The summed E-state index contributed by atoms with van der Waals surface area (Å²) in [6.07, 6.45) is 1.61. The summed E-state index contributed by atoms with van der Waals surface area (Å²) in [6, 6.07) is 25.2. The lowest BCUT2D eigenvalue weighted by atomic mass is 10.0. The van der Waals surface area contributed by atoms with Gasteiger partial charge in [0.1, 0.15) is 11.9 Å². The Morgan fingerprint density at radius 3 is 2.19 bits per heavy atom. The van der Waals surface area contributed by atoms with Crippen molar-refractivity contribution >= 4 is 27.7 Å². The molecule has 0 aliphatic carbocycles. The molecule has 0 radical (unpaired) electrons. The fourth-order valence-electron chi connectivity index (χ4n) is 3.76. The van der Waals surface area contributed by atoms with Crippen LogP contribution < -0.4 is 10.1 Å². The van der Waals surface area contributed by atoms with E-state index in [9.17, 15) is 9.59 Å². The Morgan fingerprint density at radius 1 is 0.875 bits per heavy atom. The molecule has 0 saturated carbocycles. The molecule has 0 aromatic heterocycles. The number of halogens is 1. The number of nitrogens with zero attached hydrogens (tertiary/aromatic N) is 1. The summed E-state index contributed by atoms with van der Waals surface area (Å²) in [7, 11) is 0. The molecule has 0 atom stereocenters. The first kappa shape index (κ1) is 22.1. The van der Waals surface area contributed by atoms with Crippen molar-refractivity contribution in [3.63, 3.8) is 0 Å². The maximum absolute atomic E-state index is 12.6. The van der Waals surface area contributed by atoms with Gasteiger partial charge in [0.2, 0.25) is 5.91 Å². The van der Waals surface area contributed by atoms with Crippen LogP contribution in [0.2, 0.25) is 0 Å². The number of nitrogens with one attached hydrogen (secondary N) is 1. The summed E-state index contributed by atoms with van der Waals surface area (Å²) in [5.74, 6) is 0.506. The molecule has 4 rings (SSSR count). The number of ether oxygens (including phenoxy) is 1. The zero-order chi connectivity index (χ0) is 22.3. The normalized spacial score (nSPS) is 14.1. The Balaban J connectivity index is 1.23. The highest BCUT2D eigenvalue weighted by Crippen LogP contribution is 2.27. The maximum Gasteiger partial charge on any atom is 0.251 e. The van der Waals surface area contributed by atoms with Gasteiger partial charge in [-0.2, -0.15) is 0 Å². The standard InChI is InChI=1S/C26H25BrN2O3/c27-23-8-4-5-9-24(23)32-22-14-16-29(17-15-22)25(30)18-28-26(31)21-12-10-20(11-13-21)19-6-2-1-3-7-19/h1-13,22H,14-18H2,(H,28,31). The topological polar surface area (TPSA) is 58.6 Å². The Bertz CT molecular complexity index is 1060. The van der Waals surface area contributed by atoms with Crippen molar-refractivity contribution in [2.45, 2.75) is 18.9 Å². The van der Waals surface area contributed by atoms with Gasteiger partial charge in [-0.3, -0.25) is 9.59 Å². The number of hydrogen-bond acceptors (Lipinski definition) is 3. The van der Waals surface area contributed by atoms with Gasteiger partial charge >= 0.3 is 0 Å². The number of carbonyl (C=O) groups is 2. The number of benzene rings is 3. The lowest BCUT2D eigenvalue weighted by Crippen LogP contribution is -2.46. The van der Waals surface area contributed by atoms with E-state index in [1.54, 1.807) is 17.0 Å². The van der Waals surface area contributed by atoms with Crippen molar-refractivity contribution in [2.24, 2.45) is 0 Å². The summed E-state index contributed by atoms with van der Waals surface area (Å²) in [5.41, 5.74) is 2.69. The average Bonchev–Trinajstić information content (AvgIpc) is 2.85. The summed E-state index contributed by atoms with van der Waals surface area (Å²) in [6.45, 7) is 1.24. The van der Waals surface area contributed by atoms with Crippen molar-refractivity contribution in [1.82, 2.24) is 10.2 Å². The van der Waals surface area contributed by atoms with Gasteiger partial charge in [0.15, 0.2) is 0 Å². The van der Waals surface area contributed by atoms with E-state index in [0.717, 1.165) is 34.2 Å². The molecular formula is C26H25BrN2O3. The van der Waals surface area contributed by atoms with Crippen LogP contribution in [0.4, 0.5) is 0 Å². The van der Waals surface area contributed by atoms with Crippen LogP contribution in [0.1, 0.15) is 23.2 Å². The van der Waals surface area contributed by atoms with Crippen molar-refractivity contribution in [1.29, 1.82) is 0 Å². The number of piperidine rings is 1. The van der Waals surface area contributed by atoms with E-state index in [-0.39, 0.29) is 24.5 Å². The van der Waals surface area contributed by atoms with E-state index in [2.05, 4.69) is 21.2 Å². The van der Waals surface area contributed by atoms with Crippen molar-refractivity contribution in [3.05, 3.63) is 88.9 Å². The predicted octanol–water partition coefficient (Wildman–Crippen LogP) is 4.92. The molecule has 0 spiro atoms. The fourth-order valence-corrected chi connectivity index (χ4v) is 4.14. The number of likely N-dealkylation sites (tertiary alicyclic amines) is 1. The van der Waals surface area contributed by atoms with Gasteiger partial charge in [0, 0.05) is 31.5 Å². The van der Waals surface area contributed by atoms with Crippen molar-refractivity contribution in [2.75, 3.05) is 19.6 Å². The lowest BCUT2D eigenvalue weighted by Gasteiger charge is -2.32. The van der Waals surface area contributed by atoms with E-state index >= 15 is 0 Å². The van der Waals surface area contributed by atoms with Gasteiger partial charge in [0.05, 0.1) is 11.0 Å². The molecule has 6 heteroatoms. The molecule has 1 aliphatic heterocycles. The van der Waals surface area contributed by atoms with E-state index in [1.807, 2.05) is 66.7 Å². The van der Waals surface area contributed by atoms with Gasteiger partial charge in [-0.05, 0) is 51.3 Å². The Morgan fingerprint density at radius 2 is 1.50 bits per heavy atom. The number of amides is 2. The Labute approximate surface area is 196 Å². The molecular weight excluding hydrogens is 468 g/mol. The zero-order valence-corrected chi connectivity index (χ0v) is 19.3. The average molecular weight is 493 g/mol. The third-order valence-electron chi connectivity index (χ3n) is 5.58. The first-order valence-electron chi connectivity index (χ1n) is 10.7. The molecule has 2 amide bonds. The van der Waals surface area contributed by atoms with Gasteiger partial charge in [0.25, 0.3) is 5.91 Å². The largest absolute Gasteiger partial charge is 0.489 e. The van der Waals surface area contributed by atoms with Crippen LogP contribution in [0.25, 0.3) is 11.1 Å². The quantitative estimate of drug-likeness (QED) is 0.531. The Hall–Kier alpha value is -3.12. The van der Waals surface area contributed by atoms with Gasteiger partial charge in [-0.15, -0.1) is 0 Å². The van der Waals surface area contributed by atoms with Crippen LogP contribution >= 0.6 is 15.9 Å². The van der Waals surface area contributed by atoms with Gasteiger partial charge < -0.3 is 15.0 Å². The van der Waals surface area contributed by atoms with E-state index in [0.29, 0.717) is 18.7 Å². The summed E-state index contributed by atoms with van der Waals surface area (Å²) in [4.78, 5) is 26.8. The van der Waals surface area contributed by atoms with E-state index in [4.69, 9.17) is 4.74 Å². The molecule has 3 aromatic carbocycles. The second-order valence-corrected chi connectivity index (χ2v) is 8.61. The van der Waals surface area contributed by atoms with E-state index < -0.39 is 0 Å². The van der Waals surface area contributed by atoms with Gasteiger partial charge in [-0.25, -0.2) is 0 Å². The maximum atomic E-state index is 12.6. The fraction of sp³-hybridized carbons (Fsp3) is 0.231. The third-order valence-corrected chi connectivity index (χ3v) is 6.23. The minimum absolute atomic E-state index is 0.00493. The first-order chi connectivity index (χ1) is 15.6. The smallest absolute Gasteiger partial charge is 0.251 e. The summed E-state index contributed by atoms with van der Waals surface area (Å²) >= 11 is 3.50. The summed E-state index contributed by atoms with van der Waals surface area (Å²) < 4.78 is 6.99. The van der Waals surface area contributed by atoms with Gasteiger partial charge in [-0.1, -0.05) is 54.6 Å². The lowest BCUT2D eigenvalue weighted by molar-refractivity contribution is -0.131. The zero-order valence-electron chi connectivity index (χ0n) is 17.7. The van der Waals surface area contributed by atoms with Crippen molar-refractivity contribution < 1.29 is 14.3 Å². The first-order valence-corrected chi connectivity index (χ1v) is 11.5. The van der Waals surface area contributed by atoms with Crippen LogP contribution in [0.5, 0.6) is 5.75 Å². The highest BCUT2D eigenvalue weighted by atomic mass is 79.9. The number of hydrogen-bond donors (Lipinski definition) is 1. The molecule has 32 heavy (non-hydrogen) atoms. The molecule has 1 aliphatic rings. The third kappa shape index (κ3) is 5.56. The van der Waals surface area contributed by atoms with Crippen LogP contribution in [-0.4, -0.2) is 42.5 Å². The number of rotatable bonds is 6. The molecule has 3 aromatic rings. The second-order valence-electron chi connectivity index (χ2n) is 7.75.